The third-order valence-electron chi connectivity index (χ3n) is 2.47. The van der Waals surface area contributed by atoms with Crippen LogP contribution in [0.5, 0.6) is 0 Å². The van der Waals surface area contributed by atoms with Crippen molar-refractivity contribution in [2.24, 2.45) is 0 Å². The van der Waals surface area contributed by atoms with E-state index in [2.05, 4.69) is 4.98 Å². The Bertz CT molecular complexity index is 660. The maximum atomic E-state index is 11.3. The minimum Gasteiger partial charge on any atom is -0.248 e. The summed E-state index contributed by atoms with van der Waals surface area (Å²) in [6.45, 7) is 1.62. The molecule has 1 aromatic carbocycles. The zero-order valence-electron chi connectivity index (χ0n) is 9.50. The third-order valence-corrected chi connectivity index (χ3v) is 3.82. The van der Waals surface area contributed by atoms with E-state index >= 15 is 0 Å². The Kier molecular flexibility index (Phi) is 3.24. The highest BCUT2D eigenvalue weighted by molar-refractivity contribution is 7.94. The molecule has 3 nitrogen and oxygen atoms in total. The van der Waals surface area contributed by atoms with Crippen LogP contribution in [0.15, 0.2) is 41.8 Å². The van der Waals surface area contributed by atoms with Gasteiger partial charge in [-0.2, -0.15) is 0 Å². The summed E-state index contributed by atoms with van der Waals surface area (Å²) in [6, 6.07) is 11.5. The molecule has 0 saturated heterocycles. The summed E-state index contributed by atoms with van der Waals surface area (Å²) in [5, 5.41) is 2.26. The fourth-order valence-corrected chi connectivity index (χ4v) is 1.98. The van der Waals surface area contributed by atoms with Crippen molar-refractivity contribution in [3.8, 4) is 0 Å². The molecule has 0 atom stereocenters. The van der Waals surface area contributed by atoms with Crippen LogP contribution in [0.3, 0.4) is 0 Å². The van der Waals surface area contributed by atoms with Crippen molar-refractivity contribution in [1.82, 2.24) is 4.98 Å². The first-order valence-electron chi connectivity index (χ1n) is 5.37. The highest BCUT2D eigenvalue weighted by Crippen LogP contribution is 2.12. The van der Waals surface area contributed by atoms with E-state index in [1.54, 1.807) is 6.92 Å². The quantitative estimate of drug-likeness (QED) is 0.837. The highest BCUT2D eigenvalue weighted by Gasteiger charge is 2.01. The molecule has 0 radical (unpaired) electrons. The van der Waals surface area contributed by atoms with Crippen molar-refractivity contribution in [3.63, 3.8) is 0 Å². The van der Waals surface area contributed by atoms with Crippen molar-refractivity contribution >= 4 is 26.8 Å². The van der Waals surface area contributed by atoms with Crippen molar-refractivity contribution in [3.05, 3.63) is 47.5 Å². The van der Waals surface area contributed by atoms with Crippen molar-refractivity contribution < 1.29 is 8.42 Å². The van der Waals surface area contributed by atoms with Gasteiger partial charge in [-0.3, -0.25) is 0 Å². The number of aromatic nitrogens is 1. The Morgan fingerprint density at radius 3 is 2.71 bits per heavy atom. The van der Waals surface area contributed by atoms with E-state index in [4.69, 9.17) is 0 Å². The number of para-hydroxylation sites is 1. The molecule has 0 N–H and O–H groups in total. The number of hydrogen-bond acceptors (Lipinski definition) is 3. The number of pyridine rings is 1. The molecule has 0 unspecified atom stereocenters. The predicted molar refractivity (Wildman–Crippen MR) is 70.2 cm³/mol. The van der Waals surface area contributed by atoms with Gasteiger partial charge in [-0.25, -0.2) is 13.4 Å². The van der Waals surface area contributed by atoms with E-state index in [9.17, 15) is 8.42 Å². The average Bonchev–Trinajstić information content (AvgIpc) is 2.36. The first-order valence-corrected chi connectivity index (χ1v) is 7.09. The fourth-order valence-electron chi connectivity index (χ4n) is 1.44. The van der Waals surface area contributed by atoms with Gasteiger partial charge in [-0.05, 0) is 18.2 Å². The monoisotopic (exact) mass is 247 g/mol. The average molecular weight is 247 g/mol. The highest BCUT2D eigenvalue weighted by atomic mass is 32.2. The maximum absolute atomic E-state index is 11.3. The molecule has 0 fully saturated rings. The van der Waals surface area contributed by atoms with E-state index in [0.29, 0.717) is 5.69 Å². The summed E-state index contributed by atoms with van der Waals surface area (Å²) in [6.07, 6.45) is 1.53. The van der Waals surface area contributed by atoms with Crippen LogP contribution in [0.2, 0.25) is 0 Å². The topological polar surface area (TPSA) is 47.0 Å². The molecular formula is C13H13NO2S. The summed E-state index contributed by atoms with van der Waals surface area (Å²) in [7, 11) is -3.09. The van der Waals surface area contributed by atoms with Gasteiger partial charge in [-0.1, -0.05) is 31.2 Å². The van der Waals surface area contributed by atoms with Crippen LogP contribution >= 0.6 is 0 Å². The van der Waals surface area contributed by atoms with Gasteiger partial charge < -0.3 is 0 Å². The standard InChI is InChI=1S/C13H13NO2S/c1-2-17(15,16)10-9-12-8-7-11-5-3-4-6-13(11)14-12/h3-10H,2H2,1H3/b10-9-. The largest absolute Gasteiger partial charge is 0.248 e. The minimum absolute atomic E-state index is 0.108. The molecule has 0 bridgehead atoms. The van der Waals surface area contributed by atoms with E-state index in [1.807, 2.05) is 36.4 Å². The molecule has 2 aromatic rings. The first kappa shape index (κ1) is 11.8. The minimum atomic E-state index is -3.09. The van der Waals surface area contributed by atoms with Crippen LogP contribution < -0.4 is 0 Å². The molecule has 0 amide bonds. The van der Waals surface area contributed by atoms with Gasteiger partial charge in [0.1, 0.15) is 0 Å². The second-order valence-corrected chi connectivity index (χ2v) is 5.86. The van der Waals surface area contributed by atoms with Gasteiger partial charge in [0.2, 0.25) is 0 Å². The fraction of sp³-hybridized carbons (Fsp3) is 0.154. The Morgan fingerprint density at radius 2 is 1.94 bits per heavy atom. The lowest BCUT2D eigenvalue weighted by atomic mass is 10.2. The van der Waals surface area contributed by atoms with Gasteiger partial charge in [0.15, 0.2) is 9.84 Å². The normalized spacial score (nSPS) is 12.3. The Balaban J connectivity index is 2.38. The summed E-state index contributed by atoms with van der Waals surface area (Å²) in [5.74, 6) is 0.108. The van der Waals surface area contributed by atoms with Crippen molar-refractivity contribution in [2.45, 2.75) is 6.92 Å². The number of benzene rings is 1. The zero-order valence-corrected chi connectivity index (χ0v) is 10.3. The van der Waals surface area contributed by atoms with Gasteiger partial charge in [0.25, 0.3) is 0 Å². The Hall–Kier alpha value is -1.68. The predicted octanol–water partition coefficient (Wildman–Crippen LogP) is 2.64. The molecule has 4 heteroatoms. The van der Waals surface area contributed by atoms with E-state index in [-0.39, 0.29) is 5.75 Å². The van der Waals surface area contributed by atoms with Crippen LogP contribution in [0.1, 0.15) is 12.6 Å². The summed E-state index contributed by atoms with van der Waals surface area (Å²) in [4.78, 5) is 4.36. The van der Waals surface area contributed by atoms with Gasteiger partial charge in [-0.15, -0.1) is 0 Å². The Labute approximate surface area is 101 Å². The molecule has 2 rings (SSSR count). The van der Waals surface area contributed by atoms with Crippen LogP contribution in [-0.2, 0) is 9.84 Å². The summed E-state index contributed by atoms with van der Waals surface area (Å²) in [5.41, 5.74) is 1.52. The first-order chi connectivity index (χ1) is 8.11. The number of fused-ring (bicyclic) bond motifs is 1. The molecule has 0 aliphatic heterocycles. The third kappa shape index (κ3) is 2.91. The van der Waals surface area contributed by atoms with Crippen LogP contribution in [0, 0.1) is 0 Å². The second kappa shape index (κ2) is 4.67. The van der Waals surface area contributed by atoms with Crippen molar-refractivity contribution in [1.29, 1.82) is 0 Å². The molecular weight excluding hydrogens is 234 g/mol. The molecule has 0 saturated carbocycles. The lowest BCUT2D eigenvalue weighted by molar-refractivity contribution is 0.606. The number of sulfone groups is 1. The van der Waals surface area contributed by atoms with Gasteiger partial charge in [0.05, 0.1) is 17.0 Å². The maximum Gasteiger partial charge on any atom is 0.171 e. The molecule has 1 aromatic heterocycles. The van der Waals surface area contributed by atoms with Crippen LogP contribution in [-0.4, -0.2) is 19.2 Å². The van der Waals surface area contributed by atoms with E-state index in [0.717, 1.165) is 10.9 Å². The van der Waals surface area contributed by atoms with E-state index < -0.39 is 9.84 Å². The molecule has 0 aliphatic carbocycles. The molecule has 1 heterocycles. The lowest BCUT2D eigenvalue weighted by Crippen LogP contribution is -1.96. The number of nitrogens with zero attached hydrogens (tertiary/aromatic N) is 1. The van der Waals surface area contributed by atoms with E-state index in [1.165, 1.54) is 11.5 Å². The van der Waals surface area contributed by atoms with Gasteiger partial charge in [0, 0.05) is 10.8 Å². The lowest BCUT2D eigenvalue weighted by Gasteiger charge is -1.98. The Morgan fingerprint density at radius 1 is 1.18 bits per heavy atom. The molecule has 0 aliphatic rings. The molecule has 0 spiro atoms. The van der Waals surface area contributed by atoms with Gasteiger partial charge >= 0.3 is 0 Å². The SMILES string of the molecule is CCS(=O)(=O)/C=C\c1ccc2ccccc2n1. The smallest absolute Gasteiger partial charge is 0.171 e. The summed E-state index contributed by atoms with van der Waals surface area (Å²) >= 11 is 0. The number of rotatable bonds is 3. The van der Waals surface area contributed by atoms with Crippen molar-refractivity contribution in [2.75, 3.05) is 5.75 Å². The zero-order chi connectivity index (χ0) is 12.3. The summed E-state index contributed by atoms with van der Waals surface area (Å²) < 4.78 is 22.6. The second-order valence-electron chi connectivity index (χ2n) is 3.68. The van der Waals surface area contributed by atoms with Crippen LogP contribution in [0.25, 0.3) is 17.0 Å². The molecule has 17 heavy (non-hydrogen) atoms. The molecule has 88 valence electrons. The number of hydrogen-bond donors (Lipinski definition) is 0. The van der Waals surface area contributed by atoms with Crippen LogP contribution in [0.4, 0.5) is 0 Å².